The van der Waals surface area contributed by atoms with Gasteiger partial charge in [-0.25, -0.2) is 4.99 Å². The van der Waals surface area contributed by atoms with Crippen LogP contribution in [0.1, 0.15) is 39.0 Å². The largest absolute Gasteiger partial charge is 0.379 e. The number of guanidine groups is 1. The molecule has 0 aromatic rings. The van der Waals surface area contributed by atoms with Crippen molar-refractivity contribution in [3.63, 3.8) is 0 Å². The fourth-order valence-electron chi connectivity index (χ4n) is 4.19. The minimum Gasteiger partial charge on any atom is -0.379 e. The Kier molecular flexibility index (Phi) is 12.0. The van der Waals surface area contributed by atoms with Crippen molar-refractivity contribution < 1.29 is 19.0 Å². The molecular weight excluding hydrogens is 525 g/mol. The van der Waals surface area contributed by atoms with Gasteiger partial charge in [0.05, 0.1) is 19.8 Å². The maximum absolute atomic E-state index is 12.0. The molecule has 1 spiro atoms. The van der Waals surface area contributed by atoms with Crippen molar-refractivity contribution in [3.05, 3.63) is 0 Å². The van der Waals surface area contributed by atoms with Crippen LogP contribution in [0.5, 0.6) is 0 Å². The van der Waals surface area contributed by atoms with E-state index in [1.165, 1.54) is 0 Å². The van der Waals surface area contributed by atoms with E-state index in [0.717, 1.165) is 77.4 Å². The zero-order valence-corrected chi connectivity index (χ0v) is 22.3. The number of amides is 1. The maximum atomic E-state index is 12.0. The number of nitrogens with one attached hydrogen (secondary N) is 2. The number of carbonyl (C=O) groups excluding carboxylic acids is 1. The number of nitrogens with zero attached hydrogens (tertiary/aromatic N) is 3. The second-order valence-corrected chi connectivity index (χ2v) is 9.21. The van der Waals surface area contributed by atoms with Gasteiger partial charge in [-0.05, 0) is 31.7 Å². The minimum absolute atomic E-state index is 0. The summed E-state index contributed by atoms with van der Waals surface area (Å²) < 4.78 is 17.8. The summed E-state index contributed by atoms with van der Waals surface area (Å²) in [6.07, 6.45) is 5.27. The van der Waals surface area contributed by atoms with Gasteiger partial charge in [0.15, 0.2) is 11.7 Å². The first-order valence-electron chi connectivity index (χ1n) is 11.8. The van der Waals surface area contributed by atoms with Gasteiger partial charge in [-0.1, -0.05) is 6.92 Å². The van der Waals surface area contributed by atoms with Crippen LogP contribution in [-0.4, -0.2) is 107 Å². The predicted octanol–water partition coefficient (Wildman–Crippen LogP) is 1.27. The number of morpholine rings is 1. The lowest BCUT2D eigenvalue weighted by molar-refractivity contribution is -0.191. The summed E-state index contributed by atoms with van der Waals surface area (Å²) >= 11 is 0. The SMILES string of the molecule is CC1CCC2(CC1)OCC(CNC(=NCC(=O)N(C)C)NCCCN1CCOCC1)O2.I. The Morgan fingerprint density at radius 2 is 1.91 bits per heavy atom. The molecule has 9 nitrogen and oxygen atoms in total. The molecule has 0 radical (unpaired) electrons. The normalized spacial score (nSPS) is 28.9. The Morgan fingerprint density at radius 3 is 2.59 bits per heavy atom. The molecule has 3 rings (SSSR count). The van der Waals surface area contributed by atoms with Crippen molar-refractivity contribution >= 4 is 35.8 Å². The van der Waals surface area contributed by atoms with Gasteiger partial charge in [0.25, 0.3) is 0 Å². The van der Waals surface area contributed by atoms with E-state index in [0.29, 0.717) is 19.1 Å². The van der Waals surface area contributed by atoms with Gasteiger partial charge in [-0.3, -0.25) is 9.69 Å². The predicted molar refractivity (Wildman–Crippen MR) is 135 cm³/mol. The summed E-state index contributed by atoms with van der Waals surface area (Å²) in [5, 5.41) is 6.72. The molecule has 10 heteroatoms. The van der Waals surface area contributed by atoms with Crippen molar-refractivity contribution in [1.29, 1.82) is 0 Å². The van der Waals surface area contributed by atoms with Crippen molar-refractivity contribution in [2.24, 2.45) is 10.9 Å². The lowest BCUT2D eigenvalue weighted by atomic mass is 9.86. The van der Waals surface area contributed by atoms with E-state index >= 15 is 0 Å². The molecule has 2 aliphatic heterocycles. The lowest BCUT2D eigenvalue weighted by Crippen LogP contribution is -2.44. The fraction of sp³-hybridized carbons (Fsp3) is 0.909. The quantitative estimate of drug-likeness (QED) is 0.198. The molecule has 1 saturated carbocycles. The average molecular weight is 568 g/mol. The number of aliphatic imine (C=N–C) groups is 1. The molecule has 1 amide bonds. The Balaban J connectivity index is 0.00000363. The summed E-state index contributed by atoms with van der Waals surface area (Å²) in [6.45, 7) is 9.08. The van der Waals surface area contributed by atoms with Crippen LogP contribution in [0.2, 0.25) is 0 Å². The minimum atomic E-state index is -0.386. The fourth-order valence-corrected chi connectivity index (χ4v) is 4.19. The first kappa shape index (κ1) is 27.6. The molecule has 1 atom stereocenters. The molecule has 1 aliphatic carbocycles. The molecule has 2 saturated heterocycles. The van der Waals surface area contributed by atoms with Crippen LogP contribution in [0, 0.1) is 5.92 Å². The van der Waals surface area contributed by atoms with E-state index in [4.69, 9.17) is 14.2 Å². The Bertz CT molecular complexity index is 593. The average Bonchev–Trinajstić information content (AvgIpc) is 3.18. The number of hydrogen-bond acceptors (Lipinski definition) is 6. The van der Waals surface area contributed by atoms with Crippen LogP contribution in [0.3, 0.4) is 0 Å². The Morgan fingerprint density at radius 1 is 1.19 bits per heavy atom. The highest BCUT2D eigenvalue weighted by atomic mass is 127. The third-order valence-electron chi connectivity index (χ3n) is 6.37. The smallest absolute Gasteiger partial charge is 0.243 e. The molecule has 3 aliphatic rings. The zero-order chi connectivity index (χ0) is 22.1. The highest BCUT2D eigenvalue weighted by molar-refractivity contribution is 14.0. The highest BCUT2D eigenvalue weighted by Crippen LogP contribution is 2.39. The van der Waals surface area contributed by atoms with Gasteiger partial charge < -0.3 is 29.7 Å². The van der Waals surface area contributed by atoms with E-state index in [9.17, 15) is 4.79 Å². The van der Waals surface area contributed by atoms with Gasteiger partial charge in [-0.15, -0.1) is 24.0 Å². The molecular formula is C22H42IN5O4. The number of halogens is 1. The van der Waals surface area contributed by atoms with Gasteiger partial charge in [0, 0.05) is 53.1 Å². The Labute approximate surface area is 210 Å². The van der Waals surface area contributed by atoms with E-state index in [-0.39, 0.29) is 48.3 Å². The van der Waals surface area contributed by atoms with Gasteiger partial charge >= 0.3 is 0 Å². The molecule has 32 heavy (non-hydrogen) atoms. The van der Waals surface area contributed by atoms with Crippen LogP contribution in [0.15, 0.2) is 4.99 Å². The maximum Gasteiger partial charge on any atom is 0.243 e. The molecule has 0 aromatic carbocycles. The first-order valence-corrected chi connectivity index (χ1v) is 11.8. The van der Waals surface area contributed by atoms with Crippen LogP contribution in [0.4, 0.5) is 0 Å². The summed E-state index contributed by atoms with van der Waals surface area (Å²) in [6, 6.07) is 0. The van der Waals surface area contributed by atoms with Crippen molar-refractivity contribution in [2.75, 3.05) is 73.2 Å². The summed E-state index contributed by atoms with van der Waals surface area (Å²) in [4.78, 5) is 20.4. The molecule has 2 N–H and O–H groups in total. The van der Waals surface area contributed by atoms with E-state index in [1.807, 2.05) is 0 Å². The summed E-state index contributed by atoms with van der Waals surface area (Å²) in [5.41, 5.74) is 0. The number of ether oxygens (including phenoxy) is 3. The molecule has 0 bridgehead atoms. The van der Waals surface area contributed by atoms with Gasteiger partial charge in [0.1, 0.15) is 12.6 Å². The number of carbonyl (C=O) groups is 1. The van der Waals surface area contributed by atoms with Crippen LogP contribution in [0.25, 0.3) is 0 Å². The summed E-state index contributed by atoms with van der Waals surface area (Å²) in [7, 11) is 3.49. The third kappa shape index (κ3) is 8.92. The molecule has 1 unspecified atom stereocenters. The number of likely N-dealkylation sites (N-methyl/N-ethyl adjacent to an activating group) is 1. The number of rotatable bonds is 8. The first-order chi connectivity index (χ1) is 15.0. The zero-order valence-electron chi connectivity index (χ0n) is 19.9. The van der Waals surface area contributed by atoms with Crippen molar-refractivity contribution in [1.82, 2.24) is 20.4 Å². The molecule has 3 fully saturated rings. The second-order valence-electron chi connectivity index (χ2n) is 9.21. The van der Waals surface area contributed by atoms with Crippen LogP contribution >= 0.6 is 24.0 Å². The number of hydrogen-bond donors (Lipinski definition) is 2. The van der Waals surface area contributed by atoms with E-state index < -0.39 is 0 Å². The van der Waals surface area contributed by atoms with Crippen molar-refractivity contribution in [2.45, 2.75) is 50.9 Å². The topological polar surface area (TPSA) is 87.7 Å². The van der Waals surface area contributed by atoms with Crippen LogP contribution < -0.4 is 10.6 Å². The van der Waals surface area contributed by atoms with E-state index in [2.05, 4.69) is 27.4 Å². The van der Waals surface area contributed by atoms with Gasteiger partial charge in [-0.2, -0.15) is 0 Å². The van der Waals surface area contributed by atoms with Crippen molar-refractivity contribution in [3.8, 4) is 0 Å². The van der Waals surface area contributed by atoms with E-state index in [1.54, 1.807) is 19.0 Å². The standard InChI is InChI=1S/C22H41N5O4.HI/c1-18-5-7-22(8-6-18)30-17-19(31-22)15-24-21(25-16-20(28)26(2)3)23-9-4-10-27-11-13-29-14-12-27;/h18-19H,4-17H2,1-3H3,(H2,23,24,25);1H. The lowest BCUT2D eigenvalue weighted by Gasteiger charge is -2.34. The molecule has 0 aromatic heterocycles. The summed E-state index contributed by atoms with van der Waals surface area (Å²) in [5.74, 6) is 0.997. The van der Waals surface area contributed by atoms with Gasteiger partial charge in [0.2, 0.25) is 5.91 Å². The molecule has 2 heterocycles. The molecule has 186 valence electrons. The third-order valence-corrected chi connectivity index (χ3v) is 6.37. The monoisotopic (exact) mass is 567 g/mol. The Hall–Kier alpha value is -0.690. The second kappa shape index (κ2) is 13.9. The highest BCUT2D eigenvalue weighted by Gasteiger charge is 2.43. The van der Waals surface area contributed by atoms with Crippen LogP contribution in [-0.2, 0) is 19.0 Å².